The van der Waals surface area contributed by atoms with Gasteiger partial charge in [0.05, 0.1) is 18.1 Å². The molecular weight excluding hydrogens is 286 g/mol. The molecular formula is C13H16ClNO5. The number of anilines is 1. The Balaban J connectivity index is 3.00. The van der Waals surface area contributed by atoms with Crippen LogP contribution in [0.1, 0.15) is 6.92 Å². The number of aliphatic carboxylic acids is 2. The summed E-state index contributed by atoms with van der Waals surface area (Å²) in [6, 6.07) is 4.80. The number of hydrogen-bond acceptors (Lipinski definition) is 4. The molecule has 0 bridgehead atoms. The summed E-state index contributed by atoms with van der Waals surface area (Å²) < 4.78 is 5.02. The van der Waals surface area contributed by atoms with Gasteiger partial charge in [-0.3, -0.25) is 9.59 Å². The van der Waals surface area contributed by atoms with Crippen molar-refractivity contribution in [1.82, 2.24) is 0 Å². The van der Waals surface area contributed by atoms with Crippen LogP contribution in [0.3, 0.4) is 0 Å². The lowest BCUT2D eigenvalue weighted by Gasteiger charge is -2.25. The van der Waals surface area contributed by atoms with Crippen molar-refractivity contribution in [2.45, 2.75) is 6.92 Å². The van der Waals surface area contributed by atoms with E-state index < -0.39 is 17.9 Å². The number of benzene rings is 1. The first-order chi connectivity index (χ1) is 9.35. The van der Waals surface area contributed by atoms with E-state index in [0.717, 1.165) is 0 Å². The number of hydrogen-bond donors (Lipinski definition) is 2. The topological polar surface area (TPSA) is 87.1 Å². The van der Waals surface area contributed by atoms with Crippen LogP contribution in [0.4, 0.5) is 5.69 Å². The third kappa shape index (κ3) is 4.31. The number of methoxy groups -OCH3 is 1. The van der Waals surface area contributed by atoms with E-state index in [1.807, 2.05) is 0 Å². The van der Waals surface area contributed by atoms with E-state index in [4.69, 9.17) is 26.6 Å². The molecule has 0 aliphatic heterocycles. The maximum atomic E-state index is 10.9. The van der Waals surface area contributed by atoms with Crippen molar-refractivity contribution in [2.24, 2.45) is 5.92 Å². The highest BCUT2D eigenvalue weighted by atomic mass is 35.5. The molecule has 0 saturated heterocycles. The molecule has 0 heterocycles. The molecule has 0 spiro atoms. The van der Waals surface area contributed by atoms with Crippen LogP contribution in [-0.4, -0.2) is 42.4 Å². The SMILES string of the molecule is COc1ccc(N(CC(=O)O)CC(C)C(=O)O)cc1Cl. The predicted octanol–water partition coefficient (Wildman–Crippen LogP) is 1.96. The van der Waals surface area contributed by atoms with Crippen molar-refractivity contribution >= 4 is 29.2 Å². The molecule has 1 rings (SSSR count). The second-order valence-electron chi connectivity index (χ2n) is 4.33. The van der Waals surface area contributed by atoms with E-state index in [0.29, 0.717) is 16.5 Å². The van der Waals surface area contributed by atoms with Crippen LogP contribution in [0.5, 0.6) is 5.75 Å². The van der Waals surface area contributed by atoms with Crippen LogP contribution in [-0.2, 0) is 9.59 Å². The zero-order chi connectivity index (χ0) is 15.3. The second kappa shape index (κ2) is 7.00. The average Bonchev–Trinajstić information content (AvgIpc) is 2.37. The Kier molecular flexibility index (Phi) is 5.64. The first-order valence-electron chi connectivity index (χ1n) is 5.88. The molecule has 0 saturated carbocycles. The molecule has 0 radical (unpaired) electrons. The predicted molar refractivity (Wildman–Crippen MR) is 74.7 cm³/mol. The second-order valence-corrected chi connectivity index (χ2v) is 4.74. The summed E-state index contributed by atoms with van der Waals surface area (Å²) in [6.07, 6.45) is 0. The molecule has 1 unspecified atom stereocenters. The number of ether oxygens (including phenoxy) is 1. The van der Waals surface area contributed by atoms with E-state index in [1.165, 1.54) is 18.9 Å². The molecule has 0 amide bonds. The van der Waals surface area contributed by atoms with Crippen LogP contribution < -0.4 is 9.64 Å². The number of carboxylic acids is 2. The van der Waals surface area contributed by atoms with Gasteiger partial charge in [-0.25, -0.2) is 0 Å². The Morgan fingerprint density at radius 3 is 2.50 bits per heavy atom. The quantitative estimate of drug-likeness (QED) is 0.800. The van der Waals surface area contributed by atoms with Gasteiger partial charge < -0.3 is 19.8 Å². The molecule has 1 atom stereocenters. The molecule has 110 valence electrons. The smallest absolute Gasteiger partial charge is 0.323 e. The fraction of sp³-hybridized carbons (Fsp3) is 0.385. The largest absolute Gasteiger partial charge is 0.495 e. The van der Waals surface area contributed by atoms with Gasteiger partial charge in [0.1, 0.15) is 12.3 Å². The van der Waals surface area contributed by atoms with Crippen molar-refractivity contribution in [3.63, 3.8) is 0 Å². The molecule has 2 N–H and O–H groups in total. The highest BCUT2D eigenvalue weighted by Gasteiger charge is 2.19. The van der Waals surface area contributed by atoms with E-state index in [1.54, 1.807) is 18.2 Å². The fourth-order valence-corrected chi connectivity index (χ4v) is 1.94. The van der Waals surface area contributed by atoms with E-state index in [9.17, 15) is 9.59 Å². The third-order valence-corrected chi connectivity index (χ3v) is 3.04. The van der Waals surface area contributed by atoms with E-state index in [-0.39, 0.29) is 13.1 Å². The summed E-state index contributed by atoms with van der Waals surface area (Å²) in [6.45, 7) is 1.28. The summed E-state index contributed by atoms with van der Waals surface area (Å²) in [5.41, 5.74) is 0.534. The highest BCUT2D eigenvalue weighted by molar-refractivity contribution is 6.32. The molecule has 7 heteroatoms. The van der Waals surface area contributed by atoms with Crippen LogP contribution >= 0.6 is 11.6 Å². The molecule has 0 fully saturated rings. The van der Waals surface area contributed by atoms with Crippen molar-refractivity contribution in [2.75, 3.05) is 25.1 Å². The van der Waals surface area contributed by atoms with Gasteiger partial charge in [0.15, 0.2) is 0 Å². The Morgan fingerprint density at radius 1 is 1.40 bits per heavy atom. The molecule has 0 aromatic heterocycles. The van der Waals surface area contributed by atoms with E-state index >= 15 is 0 Å². The minimum absolute atomic E-state index is 0.0737. The van der Waals surface area contributed by atoms with Gasteiger partial charge in [-0.2, -0.15) is 0 Å². The summed E-state index contributed by atoms with van der Waals surface area (Å²) in [7, 11) is 1.47. The van der Waals surface area contributed by atoms with Crippen molar-refractivity contribution in [3.8, 4) is 5.75 Å². The first-order valence-corrected chi connectivity index (χ1v) is 6.26. The van der Waals surface area contributed by atoms with Crippen molar-refractivity contribution < 1.29 is 24.5 Å². The summed E-state index contributed by atoms with van der Waals surface area (Å²) in [5, 5.41) is 18.2. The summed E-state index contributed by atoms with van der Waals surface area (Å²) >= 11 is 5.99. The number of carboxylic acid groups (broad SMARTS) is 2. The third-order valence-electron chi connectivity index (χ3n) is 2.74. The average molecular weight is 302 g/mol. The Morgan fingerprint density at radius 2 is 2.05 bits per heavy atom. The van der Waals surface area contributed by atoms with Crippen LogP contribution in [0.25, 0.3) is 0 Å². The lowest BCUT2D eigenvalue weighted by Crippen LogP contribution is -2.35. The Bertz CT molecular complexity index is 506. The summed E-state index contributed by atoms with van der Waals surface area (Å²) in [5.74, 6) is -2.26. The van der Waals surface area contributed by atoms with Gasteiger partial charge in [0, 0.05) is 12.2 Å². The Labute approximate surface area is 121 Å². The number of carbonyl (C=O) groups is 2. The van der Waals surface area contributed by atoms with Crippen LogP contribution in [0.2, 0.25) is 5.02 Å². The fourth-order valence-electron chi connectivity index (χ4n) is 1.69. The van der Waals surface area contributed by atoms with Gasteiger partial charge in [-0.15, -0.1) is 0 Å². The standard InChI is InChI=1S/C13H16ClNO5/c1-8(13(18)19)6-15(7-12(16)17)9-3-4-11(20-2)10(14)5-9/h3-5,8H,6-7H2,1-2H3,(H,16,17)(H,18,19). The highest BCUT2D eigenvalue weighted by Crippen LogP contribution is 2.29. The van der Waals surface area contributed by atoms with Crippen molar-refractivity contribution in [3.05, 3.63) is 23.2 Å². The van der Waals surface area contributed by atoms with Gasteiger partial charge in [0.25, 0.3) is 0 Å². The first kappa shape index (κ1) is 16.1. The monoisotopic (exact) mass is 301 g/mol. The molecule has 20 heavy (non-hydrogen) atoms. The van der Waals surface area contributed by atoms with Crippen LogP contribution in [0, 0.1) is 5.92 Å². The number of halogens is 1. The molecule has 6 nitrogen and oxygen atoms in total. The zero-order valence-electron chi connectivity index (χ0n) is 11.2. The lowest BCUT2D eigenvalue weighted by molar-refractivity contribution is -0.141. The normalized spacial score (nSPS) is 11.8. The summed E-state index contributed by atoms with van der Waals surface area (Å²) in [4.78, 5) is 23.2. The maximum Gasteiger partial charge on any atom is 0.323 e. The van der Waals surface area contributed by atoms with Crippen LogP contribution in [0.15, 0.2) is 18.2 Å². The van der Waals surface area contributed by atoms with Gasteiger partial charge in [-0.05, 0) is 18.2 Å². The van der Waals surface area contributed by atoms with E-state index in [2.05, 4.69) is 0 Å². The molecule has 1 aromatic rings. The minimum Gasteiger partial charge on any atom is -0.495 e. The molecule has 1 aromatic carbocycles. The Hall–Kier alpha value is -1.95. The van der Waals surface area contributed by atoms with Crippen molar-refractivity contribution in [1.29, 1.82) is 0 Å². The molecule has 0 aliphatic rings. The number of rotatable bonds is 7. The lowest BCUT2D eigenvalue weighted by atomic mass is 10.1. The van der Waals surface area contributed by atoms with Gasteiger partial charge in [0.2, 0.25) is 0 Å². The number of nitrogens with zero attached hydrogens (tertiary/aromatic N) is 1. The maximum absolute atomic E-state index is 10.9. The molecule has 0 aliphatic carbocycles. The minimum atomic E-state index is -1.05. The van der Waals surface area contributed by atoms with Gasteiger partial charge >= 0.3 is 11.9 Å². The van der Waals surface area contributed by atoms with Gasteiger partial charge in [-0.1, -0.05) is 18.5 Å². The zero-order valence-corrected chi connectivity index (χ0v) is 11.9.